The van der Waals surface area contributed by atoms with E-state index in [4.69, 9.17) is 9.84 Å². The zero-order valence-electron chi connectivity index (χ0n) is 17.9. The van der Waals surface area contributed by atoms with Crippen molar-refractivity contribution in [1.82, 2.24) is 10.6 Å². The van der Waals surface area contributed by atoms with Crippen molar-refractivity contribution in [3.05, 3.63) is 59.7 Å². The Bertz CT molecular complexity index is 931. The number of benzene rings is 2. The van der Waals surface area contributed by atoms with Crippen molar-refractivity contribution in [3.63, 3.8) is 0 Å². The largest absolute Gasteiger partial charge is 0.479 e. The highest BCUT2D eigenvalue weighted by atomic mass is 16.5. The van der Waals surface area contributed by atoms with Crippen LogP contribution in [0.1, 0.15) is 36.8 Å². The van der Waals surface area contributed by atoms with Crippen LogP contribution in [0.4, 0.5) is 4.79 Å². The first kappa shape index (κ1) is 23.3. The Balaban J connectivity index is 1.40. The molecule has 8 nitrogen and oxygen atoms in total. The third kappa shape index (κ3) is 5.85. The highest BCUT2D eigenvalue weighted by Gasteiger charge is 2.29. The number of carbonyl (C=O) groups excluding carboxylic acids is 2. The Morgan fingerprint density at radius 2 is 1.59 bits per heavy atom. The molecule has 0 aliphatic heterocycles. The molecular weight excluding hydrogens is 412 g/mol. The molecule has 1 aliphatic rings. The number of carboxylic acids is 1. The molecule has 2 amide bonds. The Morgan fingerprint density at radius 1 is 1.00 bits per heavy atom. The second-order valence-corrected chi connectivity index (χ2v) is 8.01. The molecule has 4 N–H and O–H groups in total. The van der Waals surface area contributed by atoms with Crippen molar-refractivity contribution in [1.29, 1.82) is 0 Å². The third-order valence-corrected chi connectivity index (χ3v) is 5.56. The molecule has 0 saturated heterocycles. The molecule has 3 rings (SSSR count). The first-order valence-electron chi connectivity index (χ1n) is 10.6. The summed E-state index contributed by atoms with van der Waals surface area (Å²) >= 11 is 0. The minimum atomic E-state index is -1.62. The van der Waals surface area contributed by atoms with Gasteiger partial charge in [-0.05, 0) is 34.6 Å². The van der Waals surface area contributed by atoms with Gasteiger partial charge in [0, 0.05) is 18.9 Å². The maximum atomic E-state index is 12.2. The van der Waals surface area contributed by atoms with E-state index < -0.39 is 18.2 Å². The summed E-state index contributed by atoms with van der Waals surface area (Å²) in [6, 6.07) is 16.2. The van der Waals surface area contributed by atoms with E-state index >= 15 is 0 Å². The zero-order chi connectivity index (χ0) is 23.1. The number of amides is 2. The Kier molecular flexibility index (Phi) is 7.83. The molecule has 32 heavy (non-hydrogen) atoms. The Labute approximate surface area is 186 Å². The summed E-state index contributed by atoms with van der Waals surface area (Å²) in [6.07, 6.45) is -1.41. The SMILES string of the molecule is CC(CCNC(=O)OCC1c2ccccc2-c2ccccc21)CC(=O)NCC(O)C(=O)O. The van der Waals surface area contributed by atoms with Crippen LogP contribution >= 0.6 is 0 Å². The van der Waals surface area contributed by atoms with E-state index in [1.807, 2.05) is 31.2 Å². The van der Waals surface area contributed by atoms with Gasteiger partial charge in [0.25, 0.3) is 0 Å². The molecular formula is C24H28N2O6. The van der Waals surface area contributed by atoms with Crippen LogP contribution in [0.2, 0.25) is 0 Å². The molecule has 1 aliphatic carbocycles. The predicted octanol–water partition coefficient (Wildman–Crippen LogP) is 2.50. The molecule has 0 radical (unpaired) electrons. The van der Waals surface area contributed by atoms with Crippen molar-refractivity contribution in [3.8, 4) is 11.1 Å². The van der Waals surface area contributed by atoms with E-state index in [1.165, 1.54) is 11.1 Å². The van der Waals surface area contributed by atoms with Crippen molar-refractivity contribution in [2.24, 2.45) is 5.92 Å². The van der Waals surface area contributed by atoms with Gasteiger partial charge in [0.15, 0.2) is 6.10 Å². The number of hydrogen-bond donors (Lipinski definition) is 4. The summed E-state index contributed by atoms with van der Waals surface area (Å²) in [7, 11) is 0. The molecule has 0 aromatic heterocycles. The minimum Gasteiger partial charge on any atom is -0.479 e. The van der Waals surface area contributed by atoms with E-state index in [1.54, 1.807) is 0 Å². The fourth-order valence-corrected chi connectivity index (χ4v) is 3.86. The van der Waals surface area contributed by atoms with Gasteiger partial charge < -0.3 is 25.6 Å². The standard InChI is InChI=1S/C24H28N2O6/c1-15(12-22(28)26-13-21(27)23(29)30)10-11-25-24(31)32-14-20-18-8-4-2-6-16(18)17-7-3-5-9-19(17)20/h2-9,15,20-21,27H,10-14H2,1H3,(H,25,31)(H,26,28)(H,29,30). The molecule has 170 valence electrons. The first-order valence-corrected chi connectivity index (χ1v) is 10.6. The number of hydrogen-bond acceptors (Lipinski definition) is 5. The summed E-state index contributed by atoms with van der Waals surface area (Å²) in [5, 5.41) is 22.9. The normalized spacial score (nSPS) is 14.1. The predicted molar refractivity (Wildman–Crippen MR) is 118 cm³/mol. The van der Waals surface area contributed by atoms with Gasteiger partial charge in [-0.2, -0.15) is 0 Å². The number of carbonyl (C=O) groups is 3. The second-order valence-electron chi connectivity index (χ2n) is 8.01. The summed E-state index contributed by atoms with van der Waals surface area (Å²) in [6.45, 7) is 2.11. The number of carboxylic acid groups (broad SMARTS) is 1. The maximum absolute atomic E-state index is 12.2. The lowest BCUT2D eigenvalue weighted by Gasteiger charge is -2.15. The van der Waals surface area contributed by atoms with Gasteiger partial charge in [0.05, 0.1) is 6.54 Å². The van der Waals surface area contributed by atoms with Gasteiger partial charge in [-0.15, -0.1) is 0 Å². The van der Waals surface area contributed by atoms with Gasteiger partial charge in [0.1, 0.15) is 6.61 Å². The van der Waals surface area contributed by atoms with E-state index in [2.05, 4.69) is 34.9 Å². The van der Waals surface area contributed by atoms with Gasteiger partial charge in [-0.25, -0.2) is 9.59 Å². The lowest BCUT2D eigenvalue weighted by atomic mass is 9.98. The quantitative estimate of drug-likeness (QED) is 0.450. The van der Waals surface area contributed by atoms with Crippen LogP contribution in [-0.2, 0) is 14.3 Å². The van der Waals surface area contributed by atoms with Crippen LogP contribution in [0.5, 0.6) is 0 Å². The van der Waals surface area contributed by atoms with Crippen LogP contribution in [0, 0.1) is 5.92 Å². The molecule has 0 heterocycles. The van der Waals surface area contributed by atoms with E-state index in [0.717, 1.165) is 11.1 Å². The average molecular weight is 440 g/mol. The van der Waals surface area contributed by atoms with E-state index in [9.17, 15) is 19.5 Å². The number of aliphatic hydroxyl groups excluding tert-OH is 1. The molecule has 0 fully saturated rings. The van der Waals surface area contributed by atoms with Gasteiger partial charge in [-0.1, -0.05) is 55.5 Å². The van der Waals surface area contributed by atoms with Crippen LogP contribution in [0.3, 0.4) is 0 Å². The Hall–Kier alpha value is -3.39. The van der Waals surface area contributed by atoms with Gasteiger partial charge in [-0.3, -0.25) is 4.79 Å². The summed E-state index contributed by atoms with van der Waals surface area (Å²) in [5.74, 6) is -1.77. The molecule has 2 unspecified atom stereocenters. The van der Waals surface area contributed by atoms with Crippen molar-refractivity contribution in [2.75, 3.05) is 19.7 Å². The summed E-state index contributed by atoms with van der Waals surface area (Å²) < 4.78 is 5.48. The summed E-state index contributed by atoms with van der Waals surface area (Å²) in [5.41, 5.74) is 4.63. The van der Waals surface area contributed by atoms with Crippen LogP contribution < -0.4 is 10.6 Å². The highest BCUT2D eigenvalue weighted by Crippen LogP contribution is 2.44. The first-order chi connectivity index (χ1) is 15.4. The molecule has 0 spiro atoms. The molecule has 2 aromatic carbocycles. The topological polar surface area (TPSA) is 125 Å². The monoisotopic (exact) mass is 440 g/mol. The number of fused-ring (bicyclic) bond motifs is 3. The average Bonchev–Trinajstić information content (AvgIpc) is 3.09. The maximum Gasteiger partial charge on any atom is 0.407 e. The van der Waals surface area contributed by atoms with Crippen molar-refractivity contribution >= 4 is 18.0 Å². The van der Waals surface area contributed by atoms with E-state index in [0.29, 0.717) is 13.0 Å². The lowest BCUT2D eigenvalue weighted by molar-refractivity contribution is -0.146. The van der Waals surface area contributed by atoms with Crippen LogP contribution in [-0.4, -0.2) is 54.0 Å². The van der Waals surface area contributed by atoms with Crippen LogP contribution in [0.25, 0.3) is 11.1 Å². The fraction of sp³-hybridized carbons (Fsp3) is 0.375. The minimum absolute atomic E-state index is 0.00285. The smallest absolute Gasteiger partial charge is 0.407 e. The molecule has 0 bridgehead atoms. The number of aliphatic hydroxyl groups is 1. The number of nitrogens with one attached hydrogen (secondary N) is 2. The molecule has 0 saturated carbocycles. The highest BCUT2D eigenvalue weighted by molar-refractivity contribution is 5.79. The number of rotatable bonds is 10. The van der Waals surface area contributed by atoms with Gasteiger partial charge in [0.2, 0.25) is 5.91 Å². The van der Waals surface area contributed by atoms with Crippen LogP contribution in [0.15, 0.2) is 48.5 Å². The second kappa shape index (κ2) is 10.8. The lowest BCUT2D eigenvalue weighted by Crippen LogP contribution is -2.37. The summed E-state index contributed by atoms with van der Waals surface area (Å²) in [4.78, 5) is 34.5. The third-order valence-electron chi connectivity index (χ3n) is 5.56. The fourth-order valence-electron chi connectivity index (χ4n) is 3.86. The number of aliphatic carboxylic acids is 1. The molecule has 2 aromatic rings. The molecule has 2 atom stereocenters. The number of ether oxygens (including phenoxy) is 1. The van der Waals surface area contributed by atoms with Crippen molar-refractivity contribution in [2.45, 2.75) is 31.8 Å². The number of alkyl carbamates (subject to hydrolysis) is 1. The molecule has 8 heteroatoms. The van der Waals surface area contributed by atoms with Gasteiger partial charge >= 0.3 is 12.1 Å². The zero-order valence-corrected chi connectivity index (χ0v) is 17.9. The van der Waals surface area contributed by atoms with Crippen molar-refractivity contribution < 1.29 is 29.3 Å². The Morgan fingerprint density at radius 3 is 2.19 bits per heavy atom. The van der Waals surface area contributed by atoms with E-state index in [-0.39, 0.29) is 37.3 Å².